The molecule has 2 aliphatic rings. The SMILES string of the molecule is CCC(C)C1CCN(CCCC[C@H]2CC[C@H](OC)CC2)CC1. The molecule has 0 aromatic carbocycles. The lowest BCUT2D eigenvalue weighted by Crippen LogP contribution is -2.36. The highest BCUT2D eigenvalue weighted by atomic mass is 16.5. The molecule has 0 bridgehead atoms. The molecule has 1 unspecified atom stereocenters. The molecule has 0 aromatic heterocycles. The van der Waals surface area contributed by atoms with Gasteiger partial charge in [0.05, 0.1) is 6.10 Å². The molecule has 130 valence electrons. The van der Waals surface area contributed by atoms with E-state index in [1.807, 2.05) is 7.11 Å². The van der Waals surface area contributed by atoms with Crippen molar-refractivity contribution in [3.8, 4) is 0 Å². The molecule has 0 aromatic rings. The van der Waals surface area contributed by atoms with Crippen molar-refractivity contribution in [1.82, 2.24) is 4.90 Å². The van der Waals surface area contributed by atoms with Crippen molar-refractivity contribution < 1.29 is 4.74 Å². The second-order valence-corrected chi connectivity index (χ2v) is 7.94. The fraction of sp³-hybridized carbons (Fsp3) is 1.00. The van der Waals surface area contributed by atoms with Gasteiger partial charge in [-0.15, -0.1) is 0 Å². The maximum Gasteiger partial charge on any atom is 0.0571 e. The van der Waals surface area contributed by atoms with Crippen molar-refractivity contribution in [3.63, 3.8) is 0 Å². The van der Waals surface area contributed by atoms with E-state index in [-0.39, 0.29) is 0 Å². The first-order chi connectivity index (χ1) is 10.7. The van der Waals surface area contributed by atoms with E-state index in [1.165, 1.54) is 83.8 Å². The topological polar surface area (TPSA) is 12.5 Å². The first-order valence-corrected chi connectivity index (χ1v) is 9.98. The highest BCUT2D eigenvalue weighted by molar-refractivity contribution is 4.76. The number of methoxy groups -OCH3 is 1. The molecule has 1 saturated carbocycles. The summed E-state index contributed by atoms with van der Waals surface area (Å²) in [7, 11) is 1.87. The van der Waals surface area contributed by atoms with E-state index in [9.17, 15) is 0 Å². The van der Waals surface area contributed by atoms with Crippen molar-refractivity contribution in [2.45, 2.75) is 84.2 Å². The Bertz CT molecular complexity index is 277. The number of likely N-dealkylation sites (tertiary alicyclic amines) is 1. The lowest BCUT2D eigenvalue weighted by Gasteiger charge is -2.34. The monoisotopic (exact) mass is 309 g/mol. The van der Waals surface area contributed by atoms with Gasteiger partial charge in [-0.2, -0.15) is 0 Å². The minimum Gasteiger partial charge on any atom is -0.381 e. The van der Waals surface area contributed by atoms with Crippen molar-refractivity contribution in [2.24, 2.45) is 17.8 Å². The third-order valence-electron chi connectivity index (χ3n) is 6.54. The fourth-order valence-electron chi connectivity index (χ4n) is 4.50. The van der Waals surface area contributed by atoms with Crippen LogP contribution >= 0.6 is 0 Å². The van der Waals surface area contributed by atoms with Crippen LogP contribution in [0.2, 0.25) is 0 Å². The Morgan fingerprint density at radius 3 is 2.27 bits per heavy atom. The first kappa shape index (κ1) is 18.3. The number of hydrogen-bond donors (Lipinski definition) is 0. The average Bonchev–Trinajstić information content (AvgIpc) is 2.59. The number of hydrogen-bond acceptors (Lipinski definition) is 2. The van der Waals surface area contributed by atoms with Gasteiger partial charge in [0.25, 0.3) is 0 Å². The molecule has 2 nitrogen and oxygen atoms in total. The summed E-state index contributed by atoms with van der Waals surface area (Å²) in [5.74, 6) is 2.92. The zero-order valence-electron chi connectivity index (χ0n) is 15.4. The van der Waals surface area contributed by atoms with Gasteiger partial charge in [0.2, 0.25) is 0 Å². The molecular weight excluding hydrogens is 270 g/mol. The van der Waals surface area contributed by atoms with Crippen molar-refractivity contribution in [2.75, 3.05) is 26.7 Å². The summed E-state index contributed by atoms with van der Waals surface area (Å²) in [6.45, 7) is 8.85. The Morgan fingerprint density at radius 1 is 1.00 bits per heavy atom. The number of ether oxygens (including phenoxy) is 1. The third-order valence-corrected chi connectivity index (χ3v) is 6.54. The van der Waals surface area contributed by atoms with E-state index in [0.29, 0.717) is 6.10 Å². The van der Waals surface area contributed by atoms with Gasteiger partial charge in [-0.25, -0.2) is 0 Å². The molecule has 1 heterocycles. The van der Waals surface area contributed by atoms with E-state index < -0.39 is 0 Å². The molecule has 1 saturated heterocycles. The zero-order chi connectivity index (χ0) is 15.8. The van der Waals surface area contributed by atoms with Crippen LogP contribution in [0, 0.1) is 17.8 Å². The van der Waals surface area contributed by atoms with Crippen LogP contribution in [0.3, 0.4) is 0 Å². The maximum absolute atomic E-state index is 5.47. The van der Waals surface area contributed by atoms with Crippen molar-refractivity contribution in [3.05, 3.63) is 0 Å². The van der Waals surface area contributed by atoms with E-state index >= 15 is 0 Å². The van der Waals surface area contributed by atoms with E-state index in [4.69, 9.17) is 4.74 Å². The van der Waals surface area contributed by atoms with Crippen LogP contribution in [-0.2, 0) is 4.74 Å². The van der Waals surface area contributed by atoms with Gasteiger partial charge in [-0.05, 0) is 82.3 Å². The van der Waals surface area contributed by atoms with Crippen LogP contribution in [-0.4, -0.2) is 37.7 Å². The summed E-state index contributed by atoms with van der Waals surface area (Å²) < 4.78 is 5.47. The third kappa shape index (κ3) is 5.85. The van der Waals surface area contributed by atoms with Crippen molar-refractivity contribution >= 4 is 0 Å². The molecule has 0 spiro atoms. The summed E-state index contributed by atoms with van der Waals surface area (Å²) in [5.41, 5.74) is 0. The van der Waals surface area contributed by atoms with Gasteiger partial charge >= 0.3 is 0 Å². The minimum absolute atomic E-state index is 0.558. The van der Waals surface area contributed by atoms with Crippen LogP contribution in [0.1, 0.15) is 78.1 Å². The van der Waals surface area contributed by atoms with Crippen LogP contribution in [0.15, 0.2) is 0 Å². The summed E-state index contributed by atoms with van der Waals surface area (Å²) >= 11 is 0. The predicted octanol–water partition coefficient (Wildman–Crippen LogP) is 5.12. The lowest BCUT2D eigenvalue weighted by atomic mass is 9.83. The fourth-order valence-corrected chi connectivity index (χ4v) is 4.50. The molecule has 0 N–H and O–H groups in total. The smallest absolute Gasteiger partial charge is 0.0571 e. The molecule has 22 heavy (non-hydrogen) atoms. The van der Waals surface area contributed by atoms with Crippen molar-refractivity contribution in [1.29, 1.82) is 0 Å². The van der Waals surface area contributed by atoms with Crippen LogP contribution in [0.5, 0.6) is 0 Å². The molecule has 0 radical (unpaired) electrons. The predicted molar refractivity (Wildman–Crippen MR) is 95.2 cm³/mol. The van der Waals surface area contributed by atoms with Crippen LogP contribution in [0.4, 0.5) is 0 Å². The number of nitrogens with zero attached hydrogens (tertiary/aromatic N) is 1. The Labute approximate surface area is 139 Å². The summed E-state index contributed by atoms with van der Waals surface area (Å²) in [6, 6.07) is 0. The minimum atomic E-state index is 0.558. The molecule has 2 rings (SSSR count). The van der Waals surface area contributed by atoms with E-state index in [1.54, 1.807) is 0 Å². The van der Waals surface area contributed by atoms with E-state index in [0.717, 1.165) is 17.8 Å². The second kappa shape index (κ2) is 9.93. The Kier molecular flexibility index (Phi) is 8.24. The van der Waals surface area contributed by atoms with Gasteiger partial charge in [-0.3, -0.25) is 0 Å². The molecule has 2 heteroatoms. The number of piperidine rings is 1. The van der Waals surface area contributed by atoms with Gasteiger partial charge in [0, 0.05) is 7.11 Å². The largest absolute Gasteiger partial charge is 0.381 e. The molecule has 1 aliphatic carbocycles. The molecule has 1 atom stereocenters. The van der Waals surface area contributed by atoms with E-state index in [2.05, 4.69) is 18.7 Å². The van der Waals surface area contributed by atoms with Gasteiger partial charge in [-0.1, -0.05) is 33.1 Å². The summed E-state index contributed by atoms with van der Waals surface area (Å²) in [5, 5.41) is 0. The Morgan fingerprint density at radius 2 is 1.68 bits per heavy atom. The normalized spacial score (nSPS) is 29.6. The molecular formula is C20H39NO. The standard InChI is InChI=1S/C20H39NO/c1-4-17(2)19-12-15-21(16-13-19)14-6-5-7-18-8-10-20(22-3)11-9-18/h17-20H,4-16H2,1-3H3/t17?,18-,20-. The molecule has 1 aliphatic heterocycles. The van der Waals surface area contributed by atoms with Crippen LogP contribution < -0.4 is 0 Å². The highest BCUT2D eigenvalue weighted by Crippen LogP contribution is 2.30. The van der Waals surface area contributed by atoms with Gasteiger partial charge in [0.15, 0.2) is 0 Å². The average molecular weight is 310 g/mol. The quantitative estimate of drug-likeness (QED) is 0.577. The first-order valence-electron chi connectivity index (χ1n) is 9.98. The summed E-state index contributed by atoms with van der Waals surface area (Å²) in [6.07, 6.45) is 14.5. The highest BCUT2D eigenvalue weighted by Gasteiger charge is 2.23. The van der Waals surface area contributed by atoms with Gasteiger partial charge in [0.1, 0.15) is 0 Å². The summed E-state index contributed by atoms with van der Waals surface area (Å²) in [4.78, 5) is 2.72. The number of rotatable bonds is 8. The lowest BCUT2D eigenvalue weighted by molar-refractivity contribution is 0.0549. The zero-order valence-corrected chi connectivity index (χ0v) is 15.4. The molecule has 0 amide bonds. The maximum atomic E-state index is 5.47. The van der Waals surface area contributed by atoms with Gasteiger partial charge < -0.3 is 9.64 Å². The number of unbranched alkanes of at least 4 members (excludes halogenated alkanes) is 1. The molecule has 2 fully saturated rings. The second-order valence-electron chi connectivity index (χ2n) is 7.94. The van der Waals surface area contributed by atoms with Crippen LogP contribution in [0.25, 0.3) is 0 Å². The Balaban J connectivity index is 1.50. The Hall–Kier alpha value is -0.0800.